The Hall–Kier alpha value is -2.72. The fraction of sp³-hybridized carbons (Fsp3) is 0.158. The van der Waals surface area contributed by atoms with Gasteiger partial charge in [-0.2, -0.15) is 0 Å². The predicted octanol–water partition coefficient (Wildman–Crippen LogP) is 2.21. The fourth-order valence-electron chi connectivity index (χ4n) is 2.55. The first-order chi connectivity index (χ1) is 11.2. The molecule has 0 aromatic heterocycles. The molecule has 4 nitrogen and oxygen atoms in total. The lowest BCUT2D eigenvalue weighted by Gasteiger charge is -2.15. The van der Waals surface area contributed by atoms with Crippen LogP contribution < -0.4 is 10.6 Å². The van der Waals surface area contributed by atoms with Crippen molar-refractivity contribution in [3.8, 4) is 0 Å². The van der Waals surface area contributed by atoms with Gasteiger partial charge in [0.1, 0.15) is 0 Å². The van der Waals surface area contributed by atoms with E-state index in [9.17, 15) is 5.21 Å². The molecule has 0 unspecified atom stereocenters. The number of hydrogen-bond donors (Lipinski definition) is 1. The minimum Gasteiger partial charge on any atom is -0.289 e. The van der Waals surface area contributed by atoms with Crippen molar-refractivity contribution in [2.45, 2.75) is 13.5 Å². The smallest absolute Gasteiger partial charge is 0.156 e. The van der Waals surface area contributed by atoms with Crippen LogP contribution in [0.3, 0.4) is 0 Å². The van der Waals surface area contributed by atoms with Crippen LogP contribution in [-0.4, -0.2) is 23.2 Å². The minimum absolute atomic E-state index is 0.413. The summed E-state index contributed by atoms with van der Waals surface area (Å²) in [6.45, 7) is 2.46. The van der Waals surface area contributed by atoms with Crippen molar-refractivity contribution in [3.05, 3.63) is 82.0 Å². The van der Waals surface area contributed by atoms with Crippen molar-refractivity contribution in [2.24, 2.45) is 9.98 Å². The highest BCUT2D eigenvalue weighted by molar-refractivity contribution is 6.06. The Kier molecular flexibility index (Phi) is 4.35. The Bertz CT molecular complexity index is 883. The molecule has 2 aromatic carbocycles. The predicted molar refractivity (Wildman–Crippen MR) is 91.6 cm³/mol. The number of fused-ring (bicyclic) bond motifs is 1. The first-order valence-electron chi connectivity index (χ1n) is 7.51. The molecular weight excluding hydrogens is 286 g/mol. The SMILES string of the molecule is CN=C1N=c2ccc(C)cc2=CC1=CN(O)Cc1ccccc1. The molecule has 1 heterocycles. The second-order valence-electron chi connectivity index (χ2n) is 5.53. The highest BCUT2D eigenvalue weighted by atomic mass is 16.5. The summed E-state index contributed by atoms with van der Waals surface area (Å²) < 4.78 is 0. The summed E-state index contributed by atoms with van der Waals surface area (Å²) in [5.74, 6) is 0.619. The van der Waals surface area contributed by atoms with E-state index in [0.29, 0.717) is 12.4 Å². The lowest BCUT2D eigenvalue weighted by molar-refractivity contribution is -0.0493. The van der Waals surface area contributed by atoms with Crippen LogP contribution in [0.15, 0.2) is 70.3 Å². The maximum absolute atomic E-state index is 10.2. The highest BCUT2D eigenvalue weighted by Crippen LogP contribution is 2.09. The largest absolute Gasteiger partial charge is 0.289 e. The molecule has 116 valence electrons. The zero-order valence-corrected chi connectivity index (χ0v) is 13.3. The van der Waals surface area contributed by atoms with E-state index < -0.39 is 0 Å². The number of hydroxylamine groups is 2. The molecule has 0 radical (unpaired) electrons. The second kappa shape index (κ2) is 6.58. The molecule has 0 spiro atoms. The van der Waals surface area contributed by atoms with Gasteiger partial charge >= 0.3 is 0 Å². The third-order valence-electron chi connectivity index (χ3n) is 3.67. The van der Waals surface area contributed by atoms with E-state index in [4.69, 9.17) is 0 Å². The Balaban J connectivity index is 1.94. The van der Waals surface area contributed by atoms with Crippen LogP contribution in [0.4, 0.5) is 0 Å². The molecular formula is C19H19N3O. The highest BCUT2D eigenvalue weighted by Gasteiger charge is 2.10. The molecule has 23 heavy (non-hydrogen) atoms. The quantitative estimate of drug-likeness (QED) is 0.884. The third kappa shape index (κ3) is 3.55. The zero-order valence-electron chi connectivity index (χ0n) is 13.3. The van der Waals surface area contributed by atoms with E-state index in [2.05, 4.69) is 23.0 Å². The molecule has 0 saturated heterocycles. The van der Waals surface area contributed by atoms with E-state index in [-0.39, 0.29) is 0 Å². The molecule has 1 aliphatic heterocycles. The van der Waals surface area contributed by atoms with Crippen molar-refractivity contribution < 1.29 is 5.21 Å². The van der Waals surface area contributed by atoms with Crippen LogP contribution in [0.2, 0.25) is 0 Å². The average molecular weight is 305 g/mol. The number of nitrogens with zero attached hydrogens (tertiary/aromatic N) is 3. The summed E-state index contributed by atoms with van der Waals surface area (Å²) in [5.41, 5.74) is 3.01. The summed E-state index contributed by atoms with van der Waals surface area (Å²) in [7, 11) is 1.71. The first kappa shape index (κ1) is 15.2. The molecule has 0 aliphatic carbocycles. The van der Waals surface area contributed by atoms with Gasteiger partial charge in [-0.15, -0.1) is 0 Å². The van der Waals surface area contributed by atoms with Crippen molar-refractivity contribution in [1.29, 1.82) is 0 Å². The standard InChI is InChI=1S/C19H19N3O/c1-14-8-9-18-16(10-14)11-17(19(20-2)21-18)13-22(23)12-15-6-4-3-5-7-15/h3-11,13,23H,12H2,1-2H3. The van der Waals surface area contributed by atoms with Crippen molar-refractivity contribution in [2.75, 3.05) is 7.05 Å². The van der Waals surface area contributed by atoms with Gasteiger partial charge in [0.05, 0.1) is 11.9 Å². The number of aliphatic imine (C=N–C) groups is 1. The second-order valence-corrected chi connectivity index (χ2v) is 5.53. The Morgan fingerprint density at radius 1 is 1.17 bits per heavy atom. The van der Waals surface area contributed by atoms with E-state index in [1.54, 1.807) is 13.2 Å². The van der Waals surface area contributed by atoms with Crippen molar-refractivity contribution >= 4 is 11.9 Å². The number of rotatable bonds is 3. The monoisotopic (exact) mass is 305 g/mol. The van der Waals surface area contributed by atoms with Crippen molar-refractivity contribution in [1.82, 2.24) is 5.06 Å². The molecule has 0 bridgehead atoms. The van der Waals surface area contributed by atoms with Crippen LogP contribution in [0.25, 0.3) is 6.08 Å². The Morgan fingerprint density at radius 3 is 2.70 bits per heavy atom. The molecule has 1 N–H and O–H groups in total. The third-order valence-corrected chi connectivity index (χ3v) is 3.67. The van der Waals surface area contributed by atoms with E-state index >= 15 is 0 Å². The molecule has 0 saturated carbocycles. The molecule has 0 atom stereocenters. The fourth-order valence-corrected chi connectivity index (χ4v) is 2.55. The zero-order chi connectivity index (χ0) is 16.2. The van der Waals surface area contributed by atoms with Crippen LogP contribution in [0, 0.1) is 6.92 Å². The number of benzene rings is 2. The summed E-state index contributed by atoms with van der Waals surface area (Å²) in [5, 5.41) is 13.3. The molecule has 0 amide bonds. The number of aryl methyl sites for hydroxylation is 1. The summed E-state index contributed by atoms with van der Waals surface area (Å²) in [4.78, 5) is 8.78. The van der Waals surface area contributed by atoms with Gasteiger partial charge in [0, 0.05) is 24.0 Å². The van der Waals surface area contributed by atoms with Gasteiger partial charge in [-0.05, 0) is 30.7 Å². The minimum atomic E-state index is 0.413. The van der Waals surface area contributed by atoms with E-state index in [0.717, 1.165) is 21.7 Å². The van der Waals surface area contributed by atoms with Crippen LogP contribution in [0.1, 0.15) is 11.1 Å². The van der Waals surface area contributed by atoms with Crippen LogP contribution >= 0.6 is 0 Å². The van der Waals surface area contributed by atoms with Gasteiger partial charge in [-0.25, -0.2) is 4.99 Å². The van der Waals surface area contributed by atoms with Crippen LogP contribution in [-0.2, 0) is 6.54 Å². The molecule has 4 heteroatoms. The summed E-state index contributed by atoms with van der Waals surface area (Å²) in [6, 6.07) is 15.9. The van der Waals surface area contributed by atoms with Gasteiger partial charge in [-0.3, -0.25) is 15.3 Å². The topological polar surface area (TPSA) is 48.2 Å². The van der Waals surface area contributed by atoms with Gasteiger partial charge in [-0.1, -0.05) is 42.0 Å². The molecule has 1 aliphatic rings. The molecule has 3 rings (SSSR count). The average Bonchev–Trinajstić information content (AvgIpc) is 2.55. The van der Waals surface area contributed by atoms with Crippen molar-refractivity contribution in [3.63, 3.8) is 0 Å². The van der Waals surface area contributed by atoms with Gasteiger partial charge in [0.15, 0.2) is 5.84 Å². The lowest BCUT2D eigenvalue weighted by atomic mass is 10.1. The van der Waals surface area contributed by atoms with Crippen LogP contribution in [0.5, 0.6) is 0 Å². The normalized spacial score (nSPS) is 16.7. The van der Waals surface area contributed by atoms with Gasteiger partial charge in [0.2, 0.25) is 0 Å². The van der Waals surface area contributed by atoms with Gasteiger partial charge in [0.25, 0.3) is 0 Å². The number of hydrogen-bond acceptors (Lipinski definition) is 3. The summed E-state index contributed by atoms with van der Waals surface area (Å²) >= 11 is 0. The maximum atomic E-state index is 10.2. The first-order valence-corrected chi connectivity index (χ1v) is 7.51. The van der Waals surface area contributed by atoms with Gasteiger partial charge < -0.3 is 0 Å². The molecule has 2 aromatic rings. The lowest BCUT2D eigenvalue weighted by Crippen LogP contribution is -2.31. The maximum Gasteiger partial charge on any atom is 0.156 e. The molecule has 0 fully saturated rings. The Morgan fingerprint density at radius 2 is 1.96 bits per heavy atom. The summed E-state index contributed by atoms with van der Waals surface area (Å²) in [6.07, 6.45) is 3.68. The number of amidine groups is 1. The van der Waals surface area contributed by atoms with E-state index in [1.165, 1.54) is 10.6 Å². The van der Waals surface area contributed by atoms with E-state index in [1.807, 2.05) is 48.5 Å². The Labute approximate surface area is 135 Å².